The second-order valence-corrected chi connectivity index (χ2v) is 5.21. The molecule has 0 spiro atoms. The van der Waals surface area contributed by atoms with Crippen molar-refractivity contribution in [2.45, 2.75) is 36.2 Å². The topological polar surface area (TPSA) is 58.9 Å². The lowest BCUT2D eigenvalue weighted by Gasteiger charge is -2.15. The Bertz CT molecular complexity index is 167. The molecule has 1 rings (SSSR count). The Morgan fingerprint density at radius 2 is 2.36 bits per heavy atom. The summed E-state index contributed by atoms with van der Waals surface area (Å²) in [7, 11) is 0. The predicted molar refractivity (Wildman–Crippen MR) is 58.4 cm³/mol. The second-order valence-electron chi connectivity index (χ2n) is 3.33. The molecular formula is C8H16O4S2. The van der Waals surface area contributed by atoms with Crippen LogP contribution in [0.5, 0.6) is 0 Å². The van der Waals surface area contributed by atoms with Gasteiger partial charge in [-0.15, -0.1) is 11.8 Å². The molecule has 1 saturated heterocycles. The first-order chi connectivity index (χ1) is 6.63. The lowest BCUT2D eigenvalue weighted by molar-refractivity contribution is -0.0193. The van der Waals surface area contributed by atoms with Crippen LogP contribution in [0, 0.1) is 0 Å². The maximum atomic E-state index is 9.53. The number of thioether (sulfide) groups is 1. The summed E-state index contributed by atoms with van der Waals surface area (Å²) in [5.41, 5.74) is -0.388. The Balaban J connectivity index is 2.26. The zero-order valence-corrected chi connectivity index (χ0v) is 9.71. The molecule has 0 bridgehead atoms. The van der Waals surface area contributed by atoms with Gasteiger partial charge in [0.05, 0.1) is 24.8 Å². The van der Waals surface area contributed by atoms with Gasteiger partial charge in [0.2, 0.25) is 0 Å². The largest absolute Gasteiger partial charge is 0.388 e. The number of hydrogen-bond acceptors (Lipinski definition) is 6. The zero-order chi connectivity index (χ0) is 10.6. The molecule has 6 heteroatoms. The molecule has 0 aliphatic carbocycles. The summed E-state index contributed by atoms with van der Waals surface area (Å²) in [6, 6.07) is 0. The molecule has 1 aliphatic rings. The van der Waals surface area contributed by atoms with E-state index in [1.807, 2.05) is 0 Å². The van der Waals surface area contributed by atoms with Crippen molar-refractivity contribution in [3.63, 3.8) is 0 Å². The van der Waals surface area contributed by atoms with E-state index in [0.717, 1.165) is 6.42 Å². The van der Waals surface area contributed by atoms with Crippen LogP contribution in [0.25, 0.3) is 0 Å². The minimum atomic E-state index is -0.632. The van der Waals surface area contributed by atoms with Gasteiger partial charge in [0.15, 0.2) is 0 Å². The molecule has 1 aliphatic heterocycles. The van der Waals surface area contributed by atoms with E-state index < -0.39 is 6.10 Å². The molecule has 1 heterocycles. The van der Waals surface area contributed by atoms with E-state index in [4.69, 9.17) is 9.84 Å². The summed E-state index contributed by atoms with van der Waals surface area (Å²) in [5, 5.41) is 18.9. The van der Waals surface area contributed by atoms with Gasteiger partial charge in [-0.3, -0.25) is 0 Å². The van der Waals surface area contributed by atoms with Gasteiger partial charge in [-0.05, 0) is 26.3 Å². The van der Waals surface area contributed by atoms with Crippen LogP contribution in [0.1, 0.15) is 13.3 Å². The molecule has 0 saturated carbocycles. The third kappa shape index (κ3) is 3.96. The van der Waals surface area contributed by atoms with Gasteiger partial charge < -0.3 is 19.1 Å². The molecule has 84 valence electrons. The summed E-state index contributed by atoms with van der Waals surface area (Å²) < 4.78 is 9.93. The van der Waals surface area contributed by atoms with Gasteiger partial charge in [-0.25, -0.2) is 0 Å². The molecule has 1 fully saturated rings. The van der Waals surface area contributed by atoms with E-state index in [-0.39, 0.29) is 23.4 Å². The molecule has 0 aromatic rings. The molecule has 0 aromatic carbocycles. The third-order valence-corrected chi connectivity index (χ3v) is 3.31. The first kappa shape index (κ1) is 12.6. The number of hydrogen-bond donors (Lipinski definition) is 3. The van der Waals surface area contributed by atoms with Crippen molar-refractivity contribution in [2.24, 2.45) is 0 Å². The molecule has 0 aromatic heterocycles. The van der Waals surface area contributed by atoms with Gasteiger partial charge >= 0.3 is 0 Å². The summed E-state index contributed by atoms with van der Waals surface area (Å²) in [5.74, 6) is 0. The first-order valence-electron chi connectivity index (χ1n) is 4.53. The molecule has 3 unspecified atom stereocenters. The lowest BCUT2D eigenvalue weighted by atomic mass is 10.1. The highest BCUT2D eigenvalue weighted by Gasteiger charge is 2.31. The van der Waals surface area contributed by atoms with E-state index in [0.29, 0.717) is 6.61 Å². The maximum Gasteiger partial charge on any atom is 0.105 e. The standard InChI is InChI=1S/C8H16O4S2/c1-5(9)14-6-2-8(11-3-6)7(10)4-12-13/h5-10,13H,2-4H2,1H3/t5?,6?,7?,8-/m0/s1. The fourth-order valence-electron chi connectivity index (χ4n) is 1.45. The number of thiol groups is 1. The van der Waals surface area contributed by atoms with Crippen molar-refractivity contribution in [1.29, 1.82) is 0 Å². The molecule has 2 N–H and O–H groups in total. The van der Waals surface area contributed by atoms with Crippen LogP contribution in [-0.4, -0.2) is 46.3 Å². The summed E-state index contributed by atoms with van der Waals surface area (Å²) in [6.45, 7) is 2.47. The Morgan fingerprint density at radius 1 is 1.64 bits per heavy atom. The van der Waals surface area contributed by atoms with Crippen LogP contribution in [0.3, 0.4) is 0 Å². The van der Waals surface area contributed by atoms with Crippen LogP contribution >= 0.6 is 24.7 Å². The summed E-state index contributed by atoms with van der Waals surface area (Å²) in [6.07, 6.45) is -0.0843. The van der Waals surface area contributed by atoms with Crippen LogP contribution in [0.2, 0.25) is 0 Å². The summed E-state index contributed by atoms with van der Waals surface area (Å²) >= 11 is 5.03. The highest BCUT2D eigenvalue weighted by molar-refractivity contribution is 8.00. The normalized spacial score (nSPS) is 31.7. The van der Waals surface area contributed by atoms with Crippen molar-refractivity contribution in [3.05, 3.63) is 0 Å². The molecule has 0 radical (unpaired) electrons. The van der Waals surface area contributed by atoms with E-state index >= 15 is 0 Å². The van der Waals surface area contributed by atoms with Crippen LogP contribution in [0.4, 0.5) is 0 Å². The van der Waals surface area contributed by atoms with Crippen molar-refractivity contribution in [1.82, 2.24) is 0 Å². The number of aliphatic hydroxyl groups excluding tert-OH is 2. The minimum absolute atomic E-state index is 0.167. The van der Waals surface area contributed by atoms with Gasteiger partial charge in [0.25, 0.3) is 0 Å². The smallest absolute Gasteiger partial charge is 0.105 e. The van der Waals surface area contributed by atoms with E-state index in [1.54, 1.807) is 6.92 Å². The van der Waals surface area contributed by atoms with E-state index in [2.05, 4.69) is 17.1 Å². The zero-order valence-electron chi connectivity index (χ0n) is 8.00. The van der Waals surface area contributed by atoms with Crippen molar-refractivity contribution in [2.75, 3.05) is 13.2 Å². The van der Waals surface area contributed by atoms with Crippen molar-refractivity contribution in [3.8, 4) is 0 Å². The Hall–Kier alpha value is 0.540. The highest BCUT2D eigenvalue weighted by atomic mass is 32.2. The van der Waals surface area contributed by atoms with Gasteiger partial charge in [0, 0.05) is 5.25 Å². The van der Waals surface area contributed by atoms with Gasteiger partial charge in [-0.2, -0.15) is 0 Å². The third-order valence-electron chi connectivity index (χ3n) is 2.06. The first-order valence-corrected chi connectivity index (χ1v) is 5.84. The average molecular weight is 240 g/mol. The molecule has 4 atom stereocenters. The van der Waals surface area contributed by atoms with Crippen LogP contribution in [-0.2, 0) is 8.92 Å². The fraction of sp³-hybridized carbons (Fsp3) is 1.00. The van der Waals surface area contributed by atoms with E-state index in [9.17, 15) is 5.11 Å². The predicted octanol–water partition coefficient (Wildman–Crippen LogP) is 0.438. The second kappa shape index (κ2) is 6.19. The molecule has 14 heavy (non-hydrogen) atoms. The van der Waals surface area contributed by atoms with E-state index in [1.165, 1.54) is 11.8 Å². The van der Waals surface area contributed by atoms with Crippen molar-refractivity contribution < 1.29 is 19.1 Å². The molecular weight excluding hydrogens is 224 g/mol. The van der Waals surface area contributed by atoms with Gasteiger partial charge in [-0.1, -0.05) is 0 Å². The number of rotatable bonds is 5. The van der Waals surface area contributed by atoms with Crippen molar-refractivity contribution >= 4 is 24.7 Å². The van der Waals surface area contributed by atoms with Gasteiger partial charge in [0.1, 0.15) is 6.10 Å². The molecule has 4 nitrogen and oxygen atoms in total. The quantitative estimate of drug-likeness (QED) is 0.370. The van der Waals surface area contributed by atoms with Crippen LogP contribution < -0.4 is 0 Å². The molecule has 0 amide bonds. The highest BCUT2D eigenvalue weighted by Crippen LogP contribution is 2.28. The Labute approximate surface area is 93.6 Å². The summed E-state index contributed by atoms with van der Waals surface area (Å²) in [4.78, 5) is 0. The lowest BCUT2D eigenvalue weighted by Crippen LogP contribution is -2.29. The fourth-order valence-corrected chi connectivity index (χ4v) is 2.62. The SMILES string of the molecule is CC(O)SC1CO[C@H](C(O)COS)C1. The number of aliphatic hydroxyl groups is 2. The van der Waals surface area contributed by atoms with Crippen LogP contribution in [0.15, 0.2) is 0 Å². The minimum Gasteiger partial charge on any atom is -0.388 e. The average Bonchev–Trinajstić information content (AvgIpc) is 2.52. The Morgan fingerprint density at radius 3 is 2.93 bits per heavy atom. The monoisotopic (exact) mass is 240 g/mol. The Kier molecular flexibility index (Phi) is 5.58. The number of ether oxygens (including phenoxy) is 1. The maximum absolute atomic E-state index is 9.53.